The fraction of sp³-hybridized carbons (Fsp3) is 0.0952. The lowest BCUT2D eigenvalue weighted by atomic mass is 10.1. The summed E-state index contributed by atoms with van der Waals surface area (Å²) in [7, 11) is 0. The van der Waals surface area contributed by atoms with E-state index in [0.717, 1.165) is 0 Å². The molecule has 3 aliphatic rings. The number of nitrogens with one attached hydrogen (secondary N) is 1. The lowest BCUT2D eigenvalue weighted by molar-refractivity contribution is -0.128. The van der Waals surface area contributed by atoms with Crippen LogP contribution in [0.4, 0.5) is 0 Å². The minimum absolute atomic E-state index is 0.431. The van der Waals surface area contributed by atoms with Crippen molar-refractivity contribution in [3.05, 3.63) is 82.6 Å². The van der Waals surface area contributed by atoms with Crippen LogP contribution in [0.5, 0.6) is 0 Å². The molecule has 1 aliphatic heterocycles. The standard InChI is InChI=1S/C12H8.C6H7N.C3H6O2/c1-3-9-7-8-10-4-2-6-12(10)11(9)5-1;1-2-4-6-7-5-3-1;1-2-5-3-4/h1-8H;1-7H;3H,2H2,1H3. The van der Waals surface area contributed by atoms with Crippen molar-refractivity contribution in [3.63, 3.8) is 0 Å². The maximum Gasteiger partial charge on any atom is 0.293 e. The molecule has 0 amide bonds. The van der Waals surface area contributed by atoms with Crippen LogP contribution in [-0.2, 0) is 9.53 Å². The number of carbonyl (C=O) groups excluding carboxylic acids is 1. The van der Waals surface area contributed by atoms with E-state index in [4.69, 9.17) is 0 Å². The predicted molar refractivity (Wildman–Crippen MR) is 101 cm³/mol. The van der Waals surface area contributed by atoms with Gasteiger partial charge in [0.25, 0.3) is 6.47 Å². The summed E-state index contributed by atoms with van der Waals surface area (Å²) >= 11 is 0. The number of hydrogen-bond acceptors (Lipinski definition) is 3. The molecule has 0 atom stereocenters. The summed E-state index contributed by atoms with van der Waals surface area (Å²) in [6, 6.07) is 4.36. The molecule has 0 unspecified atom stereocenters. The van der Waals surface area contributed by atoms with Crippen LogP contribution in [-0.4, -0.2) is 13.1 Å². The van der Waals surface area contributed by atoms with Crippen molar-refractivity contribution in [2.75, 3.05) is 6.61 Å². The average Bonchev–Trinajstić information content (AvgIpc) is 3.17. The first-order valence-electron chi connectivity index (χ1n) is 7.86. The molecule has 3 nitrogen and oxygen atoms in total. The Morgan fingerprint density at radius 3 is 1.83 bits per heavy atom. The zero-order valence-corrected chi connectivity index (χ0v) is 13.7. The zero-order valence-electron chi connectivity index (χ0n) is 13.7. The van der Waals surface area contributed by atoms with Gasteiger partial charge in [-0.25, -0.2) is 0 Å². The number of benzene rings is 1. The molecule has 2 aliphatic carbocycles. The van der Waals surface area contributed by atoms with Crippen molar-refractivity contribution in [1.29, 1.82) is 0 Å². The van der Waals surface area contributed by atoms with E-state index < -0.39 is 0 Å². The SMILES string of the molecule is C1=CC=CNC=C1.C1=Cc2c3c(ccc2=C1)=CC=C3.CCOC=O. The van der Waals surface area contributed by atoms with Crippen LogP contribution in [0, 0.1) is 0 Å². The van der Waals surface area contributed by atoms with Crippen LogP contribution in [0.1, 0.15) is 18.1 Å². The summed E-state index contributed by atoms with van der Waals surface area (Å²) in [4.78, 5) is 9.18. The van der Waals surface area contributed by atoms with Crippen molar-refractivity contribution >= 4 is 30.8 Å². The Bertz CT molecular complexity index is 761. The molecule has 0 aromatic heterocycles. The van der Waals surface area contributed by atoms with Gasteiger partial charge in [0.1, 0.15) is 0 Å². The Morgan fingerprint density at radius 2 is 1.42 bits per heavy atom. The van der Waals surface area contributed by atoms with Gasteiger partial charge in [-0.1, -0.05) is 60.7 Å². The van der Waals surface area contributed by atoms with Gasteiger partial charge in [-0.2, -0.15) is 0 Å². The van der Waals surface area contributed by atoms with E-state index in [1.54, 1.807) is 6.92 Å². The Morgan fingerprint density at radius 1 is 0.875 bits per heavy atom. The molecule has 24 heavy (non-hydrogen) atoms. The van der Waals surface area contributed by atoms with Gasteiger partial charge >= 0.3 is 0 Å². The van der Waals surface area contributed by atoms with Gasteiger partial charge < -0.3 is 10.1 Å². The third-order valence-electron chi connectivity index (χ3n) is 3.38. The molecular weight excluding hydrogens is 298 g/mol. The predicted octanol–water partition coefficient (Wildman–Crippen LogP) is 2.65. The van der Waals surface area contributed by atoms with Crippen LogP contribution < -0.4 is 15.8 Å². The van der Waals surface area contributed by atoms with Crippen LogP contribution >= 0.6 is 0 Å². The summed E-state index contributed by atoms with van der Waals surface area (Å²) in [5.41, 5.74) is 2.75. The highest BCUT2D eigenvalue weighted by Crippen LogP contribution is 2.11. The molecule has 0 radical (unpaired) electrons. The molecule has 0 saturated carbocycles. The normalized spacial score (nSPS) is 13.7. The fourth-order valence-corrected chi connectivity index (χ4v) is 2.30. The fourth-order valence-electron chi connectivity index (χ4n) is 2.30. The quantitative estimate of drug-likeness (QED) is 0.852. The molecule has 3 heteroatoms. The van der Waals surface area contributed by atoms with Crippen molar-refractivity contribution in [2.24, 2.45) is 0 Å². The Balaban J connectivity index is 0.000000149. The number of fused-ring (bicyclic) bond motifs is 3. The third kappa shape index (κ3) is 4.99. The summed E-state index contributed by atoms with van der Waals surface area (Å²) < 4.78 is 4.15. The molecule has 1 aromatic carbocycles. The lowest BCUT2D eigenvalue weighted by Gasteiger charge is -1.97. The highest BCUT2D eigenvalue weighted by Gasteiger charge is 2.04. The maximum atomic E-state index is 9.18. The van der Waals surface area contributed by atoms with Crippen LogP contribution in [0.15, 0.2) is 61.0 Å². The van der Waals surface area contributed by atoms with Gasteiger partial charge in [0.15, 0.2) is 0 Å². The van der Waals surface area contributed by atoms with Crippen LogP contribution in [0.25, 0.3) is 24.3 Å². The second-order valence-corrected chi connectivity index (χ2v) is 4.94. The molecule has 1 heterocycles. The highest BCUT2D eigenvalue weighted by atomic mass is 16.5. The first-order valence-corrected chi connectivity index (χ1v) is 7.86. The molecule has 0 spiro atoms. The summed E-state index contributed by atoms with van der Waals surface area (Å²) in [6.07, 6.45) is 24.5. The van der Waals surface area contributed by atoms with E-state index in [1.165, 1.54) is 21.6 Å². The molecule has 1 N–H and O–H groups in total. The molecule has 0 bridgehead atoms. The van der Waals surface area contributed by atoms with E-state index >= 15 is 0 Å². The number of carbonyl (C=O) groups is 1. The van der Waals surface area contributed by atoms with E-state index in [2.05, 4.69) is 58.6 Å². The molecule has 0 fully saturated rings. The van der Waals surface area contributed by atoms with Gasteiger partial charge in [0.05, 0.1) is 6.61 Å². The molecular formula is C21H21NO2. The van der Waals surface area contributed by atoms with E-state index in [-0.39, 0.29) is 0 Å². The van der Waals surface area contributed by atoms with Crippen LogP contribution in [0.3, 0.4) is 0 Å². The van der Waals surface area contributed by atoms with Crippen LogP contribution in [0.2, 0.25) is 0 Å². The minimum atomic E-state index is 0.431. The highest BCUT2D eigenvalue weighted by molar-refractivity contribution is 5.79. The number of hydrogen-bond donors (Lipinski definition) is 1. The summed E-state index contributed by atoms with van der Waals surface area (Å²) in [6.45, 7) is 2.66. The smallest absolute Gasteiger partial charge is 0.293 e. The second-order valence-electron chi connectivity index (χ2n) is 4.94. The number of ether oxygens (including phenoxy) is 1. The van der Waals surface area contributed by atoms with Crippen molar-refractivity contribution in [1.82, 2.24) is 5.32 Å². The molecule has 1 aromatic rings. The van der Waals surface area contributed by atoms with Gasteiger partial charge in [-0.3, -0.25) is 4.79 Å². The largest absolute Gasteiger partial charge is 0.468 e. The lowest BCUT2D eigenvalue weighted by Crippen LogP contribution is -2.13. The summed E-state index contributed by atoms with van der Waals surface area (Å²) in [5.74, 6) is 0. The van der Waals surface area contributed by atoms with Gasteiger partial charge in [-0.05, 0) is 40.6 Å². The van der Waals surface area contributed by atoms with E-state index in [9.17, 15) is 4.79 Å². The van der Waals surface area contributed by atoms with Gasteiger partial charge in [0, 0.05) is 12.4 Å². The first kappa shape index (κ1) is 17.3. The average molecular weight is 319 g/mol. The number of allylic oxidation sites excluding steroid dienone is 6. The Labute approximate surface area is 142 Å². The number of rotatable bonds is 2. The van der Waals surface area contributed by atoms with Gasteiger partial charge in [-0.15, -0.1) is 0 Å². The van der Waals surface area contributed by atoms with Crippen molar-refractivity contribution in [2.45, 2.75) is 6.92 Å². The Hall–Kier alpha value is -3.07. The van der Waals surface area contributed by atoms with Crippen molar-refractivity contribution in [3.8, 4) is 0 Å². The van der Waals surface area contributed by atoms with E-state index in [0.29, 0.717) is 13.1 Å². The zero-order chi connectivity index (χ0) is 17.0. The Kier molecular flexibility index (Phi) is 7.09. The monoisotopic (exact) mass is 319 g/mol. The maximum absolute atomic E-state index is 9.18. The summed E-state index contributed by atoms with van der Waals surface area (Å²) in [5, 5.41) is 5.61. The third-order valence-corrected chi connectivity index (χ3v) is 3.38. The topological polar surface area (TPSA) is 38.3 Å². The second kappa shape index (κ2) is 9.85. The molecule has 122 valence electrons. The minimum Gasteiger partial charge on any atom is -0.468 e. The van der Waals surface area contributed by atoms with E-state index in [1.807, 2.05) is 36.7 Å². The molecule has 0 saturated heterocycles. The first-order chi connectivity index (χ1) is 11.9. The van der Waals surface area contributed by atoms with Crippen molar-refractivity contribution < 1.29 is 9.53 Å². The molecule has 4 rings (SSSR count). The van der Waals surface area contributed by atoms with Gasteiger partial charge in [0.2, 0.25) is 0 Å².